The molecule has 15 nitrogen and oxygen atoms in total. The fraction of sp³-hybridized carbons (Fsp3) is 0.325. The maximum atomic E-state index is 13.2. The first-order valence-electron chi connectivity index (χ1n) is 32.9. The van der Waals surface area contributed by atoms with Crippen molar-refractivity contribution in [1.82, 2.24) is 0 Å². The van der Waals surface area contributed by atoms with Crippen molar-refractivity contribution in [3.05, 3.63) is 317 Å². The van der Waals surface area contributed by atoms with Gasteiger partial charge in [-0.05, 0) is 56.6 Å². The molecular weight excluding hydrogens is 1230 g/mol. The second-order valence-electron chi connectivity index (χ2n) is 24.0. The fourth-order valence-corrected chi connectivity index (χ4v) is 13.2. The van der Waals surface area contributed by atoms with Crippen LogP contribution in [0.3, 0.4) is 0 Å². The molecule has 0 spiro atoms. The normalized spacial score (nSPS) is 25.9. The van der Waals surface area contributed by atoms with Gasteiger partial charge < -0.3 is 71.8 Å². The van der Waals surface area contributed by atoms with Crippen molar-refractivity contribution in [2.24, 2.45) is 0 Å². The zero-order chi connectivity index (χ0) is 65.4. The van der Waals surface area contributed by atoms with Crippen molar-refractivity contribution in [3.63, 3.8) is 0 Å². The summed E-state index contributed by atoms with van der Waals surface area (Å²) in [5.74, 6) is 0. The first kappa shape index (κ1) is 68.7. The van der Waals surface area contributed by atoms with Crippen LogP contribution in [0.25, 0.3) is 0 Å². The van der Waals surface area contributed by atoms with E-state index in [0.29, 0.717) is 6.61 Å². The Bertz CT molecular complexity index is 3580. The van der Waals surface area contributed by atoms with E-state index < -0.39 is 91.3 Å². The van der Waals surface area contributed by atoms with E-state index in [0.717, 1.165) is 49.4 Å². The molecule has 0 aromatic heterocycles. The molecule has 0 radical (unpaired) electrons. The largest absolute Gasteiger partial charge is 0.385 e. The van der Waals surface area contributed by atoms with Crippen LogP contribution in [0.1, 0.15) is 44.5 Å². The lowest BCUT2D eigenvalue weighted by Crippen LogP contribution is -2.66. The van der Waals surface area contributed by atoms with Gasteiger partial charge in [0.2, 0.25) is 0 Å². The molecule has 9 aromatic rings. The molecule has 12 rings (SSSR count). The molecule has 0 amide bonds. The third kappa shape index (κ3) is 19.7. The highest BCUT2D eigenvalue weighted by atomic mass is 32.2. The summed E-state index contributed by atoms with van der Waals surface area (Å²) in [5, 5.41) is 26.0. The van der Waals surface area contributed by atoms with Gasteiger partial charge in [-0.2, -0.15) is 0 Å². The molecule has 500 valence electrons. The monoisotopic (exact) mass is 1320 g/mol. The molecule has 0 bridgehead atoms. The second-order valence-corrected chi connectivity index (χ2v) is 25.2. The van der Waals surface area contributed by atoms with E-state index in [1.165, 1.54) is 11.8 Å². The van der Waals surface area contributed by atoms with Gasteiger partial charge in [-0.25, -0.2) is 0 Å². The Balaban J connectivity index is 0.907. The predicted molar refractivity (Wildman–Crippen MR) is 363 cm³/mol. The van der Waals surface area contributed by atoms with Gasteiger partial charge in [-0.1, -0.05) is 273 Å². The molecule has 2 N–H and O–H groups in total. The lowest BCUT2D eigenvalue weighted by atomic mass is 9.96. The van der Waals surface area contributed by atoms with Crippen molar-refractivity contribution >= 4 is 11.8 Å². The molecule has 0 aliphatic carbocycles. The topological polar surface area (TPSA) is 160 Å². The van der Waals surface area contributed by atoms with E-state index in [-0.39, 0.29) is 66.1 Å². The summed E-state index contributed by atoms with van der Waals surface area (Å²) >= 11 is 1.45. The number of hydrogen-bond donors (Lipinski definition) is 2. The van der Waals surface area contributed by atoms with Crippen LogP contribution in [0.4, 0.5) is 0 Å². The van der Waals surface area contributed by atoms with Gasteiger partial charge in [0.1, 0.15) is 78.7 Å². The highest BCUT2D eigenvalue weighted by Gasteiger charge is 2.55. The molecule has 96 heavy (non-hydrogen) atoms. The third-order valence-electron chi connectivity index (χ3n) is 17.0. The predicted octanol–water partition coefficient (Wildman–Crippen LogP) is 13.0. The molecule has 3 aliphatic rings. The van der Waals surface area contributed by atoms with E-state index in [2.05, 4.69) is 0 Å². The number of ether oxygens (including phenoxy) is 13. The summed E-state index contributed by atoms with van der Waals surface area (Å²) in [6.45, 7) is 1.44. The van der Waals surface area contributed by atoms with Crippen LogP contribution in [0.15, 0.2) is 278 Å². The van der Waals surface area contributed by atoms with Crippen molar-refractivity contribution in [2.45, 2.75) is 149 Å². The van der Waals surface area contributed by atoms with Gasteiger partial charge in [-0.3, -0.25) is 0 Å². The number of aliphatic hydroxyl groups is 2. The molecule has 3 fully saturated rings. The third-order valence-corrected chi connectivity index (χ3v) is 18.2. The van der Waals surface area contributed by atoms with Gasteiger partial charge >= 0.3 is 0 Å². The maximum absolute atomic E-state index is 13.2. The minimum Gasteiger partial charge on any atom is -0.385 e. The van der Waals surface area contributed by atoms with E-state index in [1.807, 2.05) is 273 Å². The molecular formula is C80H84O15S. The summed E-state index contributed by atoms with van der Waals surface area (Å²) in [7, 11) is 0. The smallest absolute Gasteiger partial charge is 0.187 e. The van der Waals surface area contributed by atoms with Crippen molar-refractivity contribution in [2.75, 3.05) is 19.8 Å². The van der Waals surface area contributed by atoms with Crippen LogP contribution >= 0.6 is 11.8 Å². The molecule has 16 heteroatoms. The number of benzene rings is 9. The maximum Gasteiger partial charge on any atom is 0.187 e. The fourth-order valence-electron chi connectivity index (χ4n) is 12.0. The summed E-state index contributed by atoms with van der Waals surface area (Å²) in [6.07, 6.45) is -14.9. The van der Waals surface area contributed by atoms with Crippen molar-refractivity contribution in [3.8, 4) is 0 Å². The van der Waals surface area contributed by atoms with E-state index >= 15 is 0 Å². The number of thioether (sulfide) groups is 1. The van der Waals surface area contributed by atoms with Gasteiger partial charge in [0.05, 0.1) is 72.7 Å². The first-order chi connectivity index (χ1) is 47.4. The van der Waals surface area contributed by atoms with Crippen molar-refractivity contribution in [1.29, 1.82) is 0 Å². The van der Waals surface area contributed by atoms with Gasteiger partial charge in [0, 0.05) is 4.90 Å². The Labute approximate surface area is 567 Å². The molecule has 0 saturated carbocycles. The highest BCUT2D eigenvalue weighted by Crippen LogP contribution is 2.41. The molecule has 15 atom stereocenters. The van der Waals surface area contributed by atoms with E-state index in [9.17, 15) is 10.2 Å². The average molecular weight is 1320 g/mol. The minimum absolute atomic E-state index is 0.0426. The zero-order valence-corrected chi connectivity index (χ0v) is 54.3. The van der Waals surface area contributed by atoms with Gasteiger partial charge in [0.25, 0.3) is 0 Å². The van der Waals surface area contributed by atoms with Crippen LogP contribution in [0, 0.1) is 0 Å². The standard InChI is InChI=1S/C80H84O15S/c81-69-74(88-51-62-38-20-6-21-39-62)71(85-48-59-32-14-3-15-33-59)66(54-83-46-57-28-10-1-11-29-57)92-78(69)91-56-68-73(87-50-61-36-18-5-19-37-61)76(77(90-53-64-42-24-8-25-43-64)80(94-68)96-65-44-26-9-27-45-65)95-79-70(82)75(89-52-63-40-22-7-23-41-63)72(86-49-60-34-16-4-17-35-60)67(93-79)55-84-47-58-30-12-2-13-31-58/h1-45,66-82H,46-56H2/t66?,67?,68?,69?,70?,71-,72-,73+,74-,75-,76+,77?,78+,79-,80-/m1/s1. The summed E-state index contributed by atoms with van der Waals surface area (Å²) in [6, 6.07) is 88.8. The van der Waals surface area contributed by atoms with Crippen LogP contribution < -0.4 is 0 Å². The molecule has 6 unspecified atom stereocenters. The Kier molecular flexibility index (Phi) is 26.0. The molecule has 3 aliphatic heterocycles. The highest BCUT2D eigenvalue weighted by molar-refractivity contribution is 7.99. The van der Waals surface area contributed by atoms with Crippen LogP contribution in [-0.2, 0) is 114 Å². The van der Waals surface area contributed by atoms with Crippen LogP contribution in [-0.4, -0.2) is 121 Å². The summed E-state index contributed by atoms with van der Waals surface area (Å²) < 4.78 is 90.6. The lowest BCUT2D eigenvalue weighted by Gasteiger charge is -2.50. The Morgan fingerprint density at radius 1 is 0.260 bits per heavy atom. The second kappa shape index (κ2) is 36.4. The Morgan fingerprint density at radius 2 is 0.531 bits per heavy atom. The summed E-state index contributed by atoms with van der Waals surface area (Å²) in [5.41, 5.74) is 6.57. The molecule has 3 heterocycles. The van der Waals surface area contributed by atoms with Crippen molar-refractivity contribution < 1.29 is 71.8 Å². The first-order valence-corrected chi connectivity index (χ1v) is 33.8. The van der Waals surface area contributed by atoms with Crippen LogP contribution in [0.2, 0.25) is 0 Å². The van der Waals surface area contributed by atoms with E-state index in [1.54, 1.807) is 0 Å². The van der Waals surface area contributed by atoms with Gasteiger partial charge in [0.15, 0.2) is 12.6 Å². The number of rotatable bonds is 33. The van der Waals surface area contributed by atoms with Crippen LogP contribution in [0.5, 0.6) is 0 Å². The Morgan fingerprint density at radius 3 is 0.885 bits per heavy atom. The SMILES string of the molecule is OC1[C@@H](O[C@@H]2C(OCc3ccccc3)[C@@H](Sc3ccccc3)OC(CO[C@H]3OC(COCc4ccccc4)[C@@H](OCc4ccccc4)[C@H](OCc4ccccc4)C3O)[C@@H]2OCc2ccccc2)OC(COCc2ccccc2)[C@@H](OCc2ccccc2)[C@@H]1OCc1ccccc1. The number of aliphatic hydroxyl groups excluding tert-OH is 2. The number of hydrogen-bond acceptors (Lipinski definition) is 16. The average Bonchev–Trinajstić information content (AvgIpc) is 0.780. The molecule has 9 aromatic carbocycles. The minimum atomic E-state index is -1.46. The quantitative estimate of drug-likeness (QED) is 0.0399. The summed E-state index contributed by atoms with van der Waals surface area (Å²) in [4.78, 5) is 0.888. The Hall–Kier alpha value is -7.27. The van der Waals surface area contributed by atoms with Gasteiger partial charge in [-0.15, -0.1) is 0 Å². The zero-order valence-electron chi connectivity index (χ0n) is 53.5. The van der Waals surface area contributed by atoms with E-state index in [4.69, 9.17) is 61.6 Å². The lowest BCUT2D eigenvalue weighted by molar-refractivity contribution is -0.358. The molecule has 3 saturated heterocycles.